The van der Waals surface area contributed by atoms with Crippen molar-refractivity contribution in [2.75, 3.05) is 11.5 Å². The molecule has 0 unspecified atom stereocenters. The molecule has 4 heteroatoms. The lowest BCUT2D eigenvalue weighted by molar-refractivity contribution is 0.0908. The molecule has 3 nitrogen and oxygen atoms in total. The van der Waals surface area contributed by atoms with Gasteiger partial charge in [0.2, 0.25) is 0 Å². The molecule has 1 heterocycles. The van der Waals surface area contributed by atoms with E-state index in [1.807, 2.05) is 0 Å². The molecule has 0 atom stereocenters. The van der Waals surface area contributed by atoms with Gasteiger partial charge < -0.3 is 5.11 Å². The SMILES string of the molecule is C#CC1(O)CCS(=O)(=O)CC1. The third-order valence-electron chi connectivity index (χ3n) is 1.92. The molecule has 1 N–H and O–H groups in total. The van der Waals surface area contributed by atoms with Crippen LogP contribution in [0.5, 0.6) is 0 Å². The number of hydrogen-bond donors (Lipinski definition) is 1. The Bertz CT molecular complexity index is 269. The Hall–Kier alpha value is -0.530. The smallest absolute Gasteiger partial charge is 0.150 e. The minimum atomic E-state index is -2.92. The van der Waals surface area contributed by atoms with Crippen molar-refractivity contribution < 1.29 is 13.5 Å². The van der Waals surface area contributed by atoms with Crippen LogP contribution in [-0.2, 0) is 9.84 Å². The fourth-order valence-electron chi connectivity index (χ4n) is 1.02. The average Bonchev–Trinajstić information content (AvgIpc) is 1.97. The van der Waals surface area contributed by atoms with Crippen LogP contribution in [0.1, 0.15) is 12.8 Å². The van der Waals surface area contributed by atoms with Crippen molar-refractivity contribution in [1.82, 2.24) is 0 Å². The van der Waals surface area contributed by atoms with Crippen LogP contribution in [-0.4, -0.2) is 30.6 Å². The maximum Gasteiger partial charge on any atom is 0.150 e. The number of hydrogen-bond acceptors (Lipinski definition) is 3. The van der Waals surface area contributed by atoms with Crippen LogP contribution in [0.2, 0.25) is 0 Å². The Morgan fingerprint density at radius 3 is 2.18 bits per heavy atom. The minimum absolute atomic E-state index is 0.00764. The number of rotatable bonds is 0. The first-order valence-electron chi connectivity index (χ1n) is 3.38. The summed E-state index contributed by atoms with van der Waals surface area (Å²) >= 11 is 0. The molecule has 0 aliphatic carbocycles. The van der Waals surface area contributed by atoms with Gasteiger partial charge in [0.1, 0.15) is 5.60 Å². The van der Waals surface area contributed by atoms with E-state index in [4.69, 9.17) is 6.42 Å². The van der Waals surface area contributed by atoms with Crippen LogP contribution >= 0.6 is 0 Å². The lowest BCUT2D eigenvalue weighted by atomic mass is 9.99. The van der Waals surface area contributed by atoms with Gasteiger partial charge in [-0.25, -0.2) is 8.42 Å². The van der Waals surface area contributed by atoms with Crippen LogP contribution in [0.15, 0.2) is 0 Å². The minimum Gasteiger partial charge on any atom is -0.378 e. The summed E-state index contributed by atoms with van der Waals surface area (Å²) in [4.78, 5) is 0. The average molecular weight is 174 g/mol. The Labute approximate surface area is 66.3 Å². The summed E-state index contributed by atoms with van der Waals surface area (Å²) in [5.74, 6) is 2.22. The van der Waals surface area contributed by atoms with E-state index in [2.05, 4.69) is 5.92 Å². The molecule has 1 aliphatic rings. The van der Waals surface area contributed by atoms with Crippen molar-refractivity contribution in [2.24, 2.45) is 0 Å². The van der Waals surface area contributed by atoms with E-state index in [-0.39, 0.29) is 24.3 Å². The Kier molecular flexibility index (Phi) is 1.95. The Balaban J connectivity index is 2.71. The summed E-state index contributed by atoms with van der Waals surface area (Å²) < 4.78 is 21.7. The second kappa shape index (κ2) is 2.50. The van der Waals surface area contributed by atoms with E-state index < -0.39 is 15.4 Å². The van der Waals surface area contributed by atoms with Gasteiger partial charge in [-0.2, -0.15) is 0 Å². The standard InChI is InChI=1S/C7H10O3S/c1-2-7(8)3-5-11(9,10)6-4-7/h1,8H,3-6H2. The van der Waals surface area contributed by atoms with Crippen LogP contribution in [0, 0.1) is 12.3 Å². The topological polar surface area (TPSA) is 54.4 Å². The molecule has 1 saturated heterocycles. The van der Waals surface area contributed by atoms with Gasteiger partial charge in [-0.3, -0.25) is 0 Å². The Morgan fingerprint density at radius 2 is 1.82 bits per heavy atom. The van der Waals surface area contributed by atoms with Gasteiger partial charge in [0.25, 0.3) is 0 Å². The monoisotopic (exact) mass is 174 g/mol. The molecule has 62 valence electrons. The first-order chi connectivity index (χ1) is 4.97. The molecule has 0 aromatic carbocycles. The highest BCUT2D eigenvalue weighted by Gasteiger charge is 2.33. The van der Waals surface area contributed by atoms with E-state index in [0.717, 1.165) is 0 Å². The molecule has 0 spiro atoms. The summed E-state index contributed by atoms with van der Waals surface area (Å²) in [7, 11) is -2.92. The predicted octanol–water partition coefficient (Wildman–Crippen LogP) is -0.441. The second-order valence-electron chi connectivity index (χ2n) is 2.83. The third-order valence-corrected chi connectivity index (χ3v) is 3.57. The van der Waals surface area contributed by atoms with Crippen LogP contribution < -0.4 is 0 Å². The molecule has 0 radical (unpaired) electrons. The van der Waals surface area contributed by atoms with Gasteiger partial charge in [0, 0.05) is 12.8 Å². The first-order valence-corrected chi connectivity index (χ1v) is 5.20. The number of sulfone groups is 1. The van der Waals surface area contributed by atoms with Crippen molar-refractivity contribution in [3.05, 3.63) is 0 Å². The molecule has 0 bridgehead atoms. The van der Waals surface area contributed by atoms with Gasteiger partial charge >= 0.3 is 0 Å². The highest BCUT2D eigenvalue weighted by atomic mass is 32.2. The summed E-state index contributed by atoms with van der Waals surface area (Å²) in [6.45, 7) is 0. The van der Waals surface area contributed by atoms with E-state index in [0.29, 0.717) is 0 Å². The summed E-state index contributed by atoms with van der Waals surface area (Å²) in [5, 5.41) is 9.41. The van der Waals surface area contributed by atoms with E-state index in [9.17, 15) is 13.5 Å². The zero-order valence-corrected chi connectivity index (χ0v) is 6.89. The number of aliphatic hydroxyl groups is 1. The molecule has 0 aromatic rings. The molecule has 0 aromatic heterocycles. The summed E-state index contributed by atoms with van der Waals surface area (Å²) in [6, 6.07) is 0. The Morgan fingerprint density at radius 1 is 1.36 bits per heavy atom. The molecule has 11 heavy (non-hydrogen) atoms. The van der Waals surface area contributed by atoms with Crippen molar-refractivity contribution in [3.63, 3.8) is 0 Å². The molecular formula is C7H10O3S. The van der Waals surface area contributed by atoms with Gasteiger partial charge in [0.05, 0.1) is 11.5 Å². The van der Waals surface area contributed by atoms with E-state index in [1.54, 1.807) is 0 Å². The van der Waals surface area contributed by atoms with Gasteiger partial charge in [-0.05, 0) is 0 Å². The molecule has 0 saturated carbocycles. The maximum atomic E-state index is 10.9. The lowest BCUT2D eigenvalue weighted by Gasteiger charge is -2.26. The molecule has 1 rings (SSSR count). The van der Waals surface area contributed by atoms with Gasteiger partial charge in [0.15, 0.2) is 9.84 Å². The molecular weight excluding hydrogens is 164 g/mol. The van der Waals surface area contributed by atoms with Crippen LogP contribution in [0.25, 0.3) is 0 Å². The fourth-order valence-corrected chi connectivity index (χ4v) is 2.52. The highest BCUT2D eigenvalue weighted by Crippen LogP contribution is 2.22. The molecule has 1 aliphatic heterocycles. The first kappa shape index (κ1) is 8.57. The molecule has 0 amide bonds. The summed E-state index contributed by atoms with van der Waals surface area (Å²) in [6.07, 6.45) is 5.38. The largest absolute Gasteiger partial charge is 0.378 e. The molecule has 1 fully saturated rings. The van der Waals surface area contributed by atoms with E-state index >= 15 is 0 Å². The third kappa shape index (κ3) is 1.95. The zero-order valence-electron chi connectivity index (χ0n) is 6.08. The van der Waals surface area contributed by atoms with Crippen LogP contribution in [0.3, 0.4) is 0 Å². The fraction of sp³-hybridized carbons (Fsp3) is 0.714. The quantitative estimate of drug-likeness (QED) is 0.506. The zero-order chi connectivity index (χ0) is 8.54. The van der Waals surface area contributed by atoms with Crippen molar-refractivity contribution in [1.29, 1.82) is 0 Å². The lowest BCUT2D eigenvalue weighted by Crippen LogP contribution is -2.37. The normalized spacial score (nSPS) is 27.3. The van der Waals surface area contributed by atoms with Crippen molar-refractivity contribution in [3.8, 4) is 12.3 Å². The van der Waals surface area contributed by atoms with Gasteiger partial charge in [-0.1, -0.05) is 5.92 Å². The van der Waals surface area contributed by atoms with Crippen molar-refractivity contribution >= 4 is 9.84 Å². The van der Waals surface area contributed by atoms with Crippen molar-refractivity contribution in [2.45, 2.75) is 18.4 Å². The van der Waals surface area contributed by atoms with Gasteiger partial charge in [-0.15, -0.1) is 6.42 Å². The van der Waals surface area contributed by atoms with E-state index in [1.165, 1.54) is 0 Å². The van der Waals surface area contributed by atoms with Crippen LogP contribution in [0.4, 0.5) is 0 Å². The predicted molar refractivity (Wildman–Crippen MR) is 41.7 cm³/mol. The summed E-state index contributed by atoms with van der Waals surface area (Å²) in [5.41, 5.74) is -1.18. The second-order valence-corrected chi connectivity index (χ2v) is 5.13. The highest BCUT2D eigenvalue weighted by molar-refractivity contribution is 7.91. The maximum absolute atomic E-state index is 10.9. The number of terminal acetylenes is 1.